The van der Waals surface area contributed by atoms with Crippen LogP contribution in [0, 0.1) is 0 Å². The first kappa shape index (κ1) is 18.4. The molecule has 0 radical (unpaired) electrons. The van der Waals surface area contributed by atoms with Crippen LogP contribution in [-0.4, -0.2) is 23.1 Å². The lowest BCUT2D eigenvalue weighted by atomic mass is 9.75. The molecule has 3 rings (SSSR count). The van der Waals surface area contributed by atoms with E-state index in [1.165, 1.54) is 12.3 Å². The fourth-order valence-electron chi connectivity index (χ4n) is 3.61. The van der Waals surface area contributed by atoms with Gasteiger partial charge in [-0.15, -0.1) is 0 Å². The maximum Gasteiger partial charge on any atom is 0.343 e. The Morgan fingerprint density at radius 1 is 1.12 bits per heavy atom. The van der Waals surface area contributed by atoms with E-state index >= 15 is 0 Å². The lowest BCUT2D eigenvalue weighted by Crippen LogP contribution is -2.40. The van der Waals surface area contributed by atoms with E-state index in [1.807, 2.05) is 0 Å². The Morgan fingerprint density at radius 3 is 2.58 bits per heavy atom. The molecule has 5 heteroatoms. The fraction of sp³-hybridized carbons (Fsp3) is 0.476. The maximum absolute atomic E-state index is 12.8. The van der Waals surface area contributed by atoms with Gasteiger partial charge in [0.05, 0.1) is 6.26 Å². The summed E-state index contributed by atoms with van der Waals surface area (Å²) in [5.41, 5.74) is 0.148. The van der Waals surface area contributed by atoms with Crippen molar-refractivity contribution in [1.29, 1.82) is 0 Å². The molecule has 0 spiro atoms. The van der Waals surface area contributed by atoms with Crippen LogP contribution in [-0.2, 0) is 23.9 Å². The number of unbranched alkanes of at least 4 members (excludes halogenated alkanes) is 4. The van der Waals surface area contributed by atoms with Gasteiger partial charge in [0.1, 0.15) is 11.3 Å². The molecule has 5 nitrogen and oxygen atoms in total. The molecule has 0 aromatic heterocycles. The van der Waals surface area contributed by atoms with Crippen molar-refractivity contribution in [2.24, 2.45) is 0 Å². The van der Waals surface area contributed by atoms with E-state index in [1.54, 1.807) is 19.9 Å². The van der Waals surface area contributed by atoms with E-state index in [0.29, 0.717) is 22.5 Å². The second-order valence-corrected chi connectivity index (χ2v) is 7.13. The molecule has 1 atom stereocenters. The first-order valence-corrected chi connectivity index (χ1v) is 9.21. The molecule has 0 aromatic carbocycles. The quantitative estimate of drug-likeness (QED) is 0.394. The number of allylic oxidation sites excluding steroid dienone is 3. The van der Waals surface area contributed by atoms with Gasteiger partial charge < -0.3 is 9.47 Å². The number of Topliss-reactive ketones (excluding diaryl/α,β-unsaturated/α-hetero) is 1. The Balaban J connectivity index is 1.92. The molecular weight excluding hydrogens is 332 g/mol. The monoisotopic (exact) mass is 356 g/mol. The van der Waals surface area contributed by atoms with Crippen molar-refractivity contribution in [3.05, 3.63) is 46.5 Å². The van der Waals surface area contributed by atoms with Crippen LogP contribution in [0.3, 0.4) is 0 Å². The Hall–Kier alpha value is -2.43. The highest BCUT2D eigenvalue weighted by Gasteiger charge is 2.54. The number of esters is 1. The van der Waals surface area contributed by atoms with Gasteiger partial charge in [-0.25, -0.2) is 4.79 Å². The summed E-state index contributed by atoms with van der Waals surface area (Å²) in [5, 5.41) is 0. The molecule has 0 aromatic rings. The van der Waals surface area contributed by atoms with E-state index in [-0.39, 0.29) is 23.6 Å². The molecule has 26 heavy (non-hydrogen) atoms. The van der Waals surface area contributed by atoms with Gasteiger partial charge in [-0.2, -0.15) is 0 Å². The number of fused-ring (bicyclic) bond motifs is 3. The minimum absolute atomic E-state index is 0.00439. The van der Waals surface area contributed by atoms with E-state index in [9.17, 15) is 14.4 Å². The minimum atomic E-state index is -1.44. The van der Waals surface area contributed by atoms with Crippen molar-refractivity contribution in [3.8, 4) is 0 Å². The number of hydrogen-bond donors (Lipinski definition) is 0. The van der Waals surface area contributed by atoms with Crippen molar-refractivity contribution >= 4 is 17.5 Å². The van der Waals surface area contributed by atoms with E-state index in [0.717, 1.165) is 32.1 Å². The molecule has 2 heterocycles. The lowest BCUT2D eigenvalue weighted by Gasteiger charge is -2.31. The largest absolute Gasteiger partial charge is 0.469 e. The lowest BCUT2D eigenvalue weighted by molar-refractivity contribution is -0.152. The third-order valence-electron chi connectivity index (χ3n) is 5.07. The predicted octanol–water partition coefficient (Wildman–Crippen LogP) is 3.86. The van der Waals surface area contributed by atoms with Crippen molar-refractivity contribution in [1.82, 2.24) is 0 Å². The number of hydrogen-bond acceptors (Lipinski definition) is 5. The van der Waals surface area contributed by atoms with Gasteiger partial charge in [0.25, 0.3) is 0 Å². The highest BCUT2D eigenvalue weighted by molar-refractivity contribution is 6.24. The number of ketones is 2. The smallest absolute Gasteiger partial charge is 0.343 e. The first-order valence-electron chi connectivity index (χ1n) is 9.21. The predicted molar refractivity (Wildman–Crippen MR) is 95.9 cm³/mol. The highest BCUT2D eigenvalue weighted by atomic mass is 16.6. The van der Waals surface area contributed by atoms with Gasteiger partial charge in [0.2, 0.25) is 5.78 Å². The summed E-state index contributed by atoms with van der Waals surface area (Å²) in [6.07, 6.45) is 9.99. The van der Waals surface area contributed by atoms with Crippen LogP contribution in [0.5, 0.6) is 0 Å². The number of rotatable bonds is 7. The zero-order valence-electron chi connectivity index (χ0n) is 15.5. The molecule has 1 aliphatic carbocycles. The average molecular weight is 356 g/mol. The summed E-state index contributed by atoms with van der Waals surface area (Å²) in [7, 11) is 0. The van der Waals surface area contributed by atoms with Crippen LogP contribution >= 0.6 is 0 Å². The zero-order chi connectivity index (χ0) is 18.9. The number of ether oxygens (including phenoxy) is 2. The topological polar surface area (TPSA) is 69.7 Å². The Kier molecular flexibility index (Phi) is 4.99. The third kappa shape index (κ3) is 3.06. The summed E-state index contributed by atoms with van der Waals surface area (Å²) in [6, 6.07) is 0. The normalized spacial score (nSPS) is 24.2. The molecule has 3 aliphatic rings. The van der Waals surface area contributed by atoms with E-state index in [4.69, 9.17) is 9.47 Å². The van der Waals surface area contributed by atoms with E-state index < -0.39 is 11.6 Å². The van der Waals surface area contributed by atoms with Crippen LogP contribution in [0.15, 0.2) is 46.5 Å². The molecular formula is C21H24O5. The SMILES string of the molecule is CCCCCCCC(=O)C1=C2C3=COC(C)=CC3=CC(=O)C2(C)OC1=O. The van der Waals surface area contributed by atoms with Crippen molar-refractivity contribution in [2.75, 3.05) is 0 Å². The molecule has 2 aliphatic heterocycles. The van der Waals surface area contributed by atoms with Crippen LogP contribution < -0.4 is 0 Å². The molecule has 0 fully saturated rings. The van der Waals surface area contributed by atoms with Crippen molar-refractivity contribution < 1.29 is 23.9 Å². The summed E-state index contributed by atoms with van der Waals surface area (Å²) < 4.78 is 10.8. The number of carbonyl (C=O) groups excluding carboxylic acids is 3. The Labute approximate surface area is 153 Å². The second-order valence-electron chi connectivity index (χ2n) is 7.13. The van der Waals surface area contributed by atoms with Gasteiger partial charge in [-0.1, -0.05) is 32.6 Å². The van der Waals surface area contributed by atoms with Crippen molar-refractivity contribution in [2.45, 2.75) is 64.9 Å². The van der Waals surface area contributed by atoms with Crippen LogP contribution in [0.4, 0.5) is 0 Å². The molecule has 0 saturated carbocycles. The van der Waals surface area contributed by atoms with Gasteiger partial charge in [0, 0.05) is 17.6 Å². The highest BCUT2D eigenvalue weighted by Crippen LogP contribution is 2.46. The molecule has 0 N–H and O–H groups in total. The molecule has 0 amide bonds. The Bertz CT molecular complexity index is 793. The van der Waals surface area contributed by atoms with E-state index in [2.05, 4.69) is 6.92 Å². The fourth-order valence-corrected chi connectivity index (χ4v) is 3.61. The standard InChI is InChI=1S/C21H24O5/c1-4-5-6-7-8-9-16(22)18-19-15-12-25-13(2)10-14(15)11-17(23)21(19,3)26-20(18)24/h10-12H,4-9H2,1-3H3. The van der Waals surface area contributed by atoms with Gasteiger partial charge in [0.15, 0.2) is 11.4 Å². The summed E-state index contributed by atoms with van der Waals surface area (Å²) >= 11 is 0. The van der Waals surface area contributed by atoms with Crippen LogP contribution in [0.25, 0.3) is 0 Å². The van der Waals surface area contributed by atoms with Crippen molar-refractivity contribution in [3.63, 3.8) is 0 Å². The van der Waals surface area contributed by atoms with Crippen LogP contribution in [0.1, 0.15) is 59.3 Å². The Morgan fingerprint density at radius 2 is 1.85 bits per heavy atom. The third-order valence-corrected chi connectivity index (χ3v) is 5.07. The van der Waals surface area contributed by atoms with Crippen LogP contribution in [0.2, 0.25) is 0 Å². The second kappa shape index (κ2) is 7.06. The summed E-state index contributed by atoms with van der Waals surface area (Å²) in [5.74, 6) is -0.654. The molecule has 138 valence electrons. The average Bonchev–Trinajstić information content (AvgIpc) is 2.86. The van der Waals surface area contributed by atoms with Gasteiger partial charge in [-0.3, -0.25) is 9.59 Å². The summed E-state index contributed by atoms with van der Waals surface area (Å²) in [4.78, 5) is 37.8. The molecule has 0 bridgehead atoms. The zero-order valence-corrected chi connectivity index (χ0v) is 15.5. The number of carbonyl (C=O) groups is 3. The summed E-state index contributed by atoms with van der Waals surface area (Å²) in [6.45, 7) is 5.46. The molecule has 0 saturated heterocycles. The first-order chi connectivity index (χ1) is 12.4. The molecule has 1 unspecified atom stereocenters. The van der Waals surface area contributed by atoms with Gasteiger partial charge >= 0.3 is 5.97 Å². The minimum Gasteiger partial charge on any atom is -0.469 e. The van der Waals surface area contributed by atoms with Gasteiger partial charge in [-0.05, 0) is 38.0 Å². The maximum atomic E-state index is 12.8.